The Bertz CT molecular complexity index is 2610. The number of allylic oxidation sites excluding steroid dienone is 1. The number of aryl methyl sites for hydroxylation is 3. The topological polar surface area (TPSA) is 174 Å². The number of ether oxygens (including phenoxy) is 5. The Hall–Kier alpha value is -7.28. The van der Waals surface area contributed by atoms with E-state index in [1.807, 2.05) is 61.5 Å². The quantitative estimate of drug-likeness (QED) is 0.0463. The number of carbonyl (C=O) groups excluding carboxylic acids is 6. The molecule has 0 N–H and O–H groups in total. The summed E-state index contributed by atoms with van der Waals surface area (Å²) < 4.78 is 28.7. The van der Waals surface area contributed by atoms with Crippen LogP contribution in [-0.4, -0.2) is 57.8 Å². The second kappa shape index (κ2) is 22.8. The Morgan fingerprint density at radius 3 is 1.54 bits per heavy atom. The van der Waals surface area contributed by atoms with Gasteiger partial charge in [-0.25, -0.2) is 14.8 Å². The lowest BCUT2D eigenvalue weighted by Gasteiger charge is -2.27. The van der Waals surface area contributed by atoms with E-state index in [2.05, 4.69) is 13.2 Å². The van der Waals surface area contributed by atoms with Crippen molar-refractivity contribution in [1.29, 1.82) is 0 Å². The van der Waals surface area contributed by atoms with Gasteiger partial charge in [-0.15, -0.1) is 0 Å². The summed E-state index contributed by atoms with van der Waals surface area (Å²) in [6, 6.07) is 27.1. The summed E-state index contributed by atoms with van der Waals surface area (Å²) in [5, 5.41) is 0. The Balaban J connectivity index is 0.925. The lowest BCUT2D eigenvalue weighted by atomic mass is 9.87. The average Bonchev–Trinajstić information content (AvgIpc) is 3.34. The van der Waals surface area contributed by atoms with E-state index in [4.69, 9.17) is 33.7 Å². The predicted octanol–water partition coefficient (Wildman–Crippen LogP) is 9.27. The minimum Gasteiger partial charge on any atom is -0.462 e. The highest BCUT2D eigenvalue weighted by Crippen LogP contribution is 2.37. The number of aromatic nitrogens is 2. The van der Waals surface area contributed by atoms with Gasteiger partial charge in [-0.05, 0) is 118 Å². The first-order chi connectivity index (χ1) is 32.4. The van der Waals surface area contributed by atoms with Crippen LogP contribution in [0, 0.1) is 18.8 Å². The van der Waals surface area contributed by atoms with Crippen molar-refractivity contribution in [3.05, 3.63) is 139 Å². The SMILES string of the molecule is C=CC(=O)Cc1ccc(CCC(=O)O[C@H]2CC[C@H](C(=O)Oc3ccc(OC(=O)[C@H]4CC[C@H](OC(=O)CCc5ccc(OC(=O)C=C)cc5)CC4)c4nc(-c5ccccc5)c(C)nc34)CC2)cc1. The van der Waals surface area contributed by atoms with Crippen molar-refractivity contribution in [2.24, 2.45) is 11.8 Å². The van der Waals surface area contributed by atoms with Gasteiger partial charge in [0.1, 0.15) is 29.0 Å². The molecule has 0 saturated heterocycles. The Labute approximate surface area is 389 Å². The third-order valence-corrected chi connectivity index (χ3v) is 12.2. The van der Waals surface area contributed by atoms with Crippen LogP contribution in [0.15, 0.2) is 116 Å². The molecule has 0 atom stereocenters. The van der Waals surface area contributed by atoms with E-state index < -0.39 is 29.7 Å². The van der Waals surface area contributed by atoms with Gasteiger partial charge < -0.3 is 23.7 Å². The smallest absolute Gasteiger partial charge is 0.335 e. The average molecular weight is 907 g/mol. The first-order valence-electron chi connectivity index (χ1n) is 22.8. The number of esters is 5. The number of hydrogen-bond donors (Lipinski definition) is 0. The monoisotopic (exact) mass is 906 g/mol. The van der Waals surface area contributed by atoms with Gasteiger partial charge in [0.05, 0.1) is 23.2 Å². The molecule has 2 fully saturated rings. The number of fused-ring (bicyclic) bond motifs is 1. The van der Waals surface area contributed by atoms with Gasteiger partial charge in [-0.2, -0.15) is 0 Å². The van der Waals surface area contributed by atoms with Gasteiger partial charge in [-0.3, -0.25) is 24.0 Å². The van der Waals surface area contributed by atoms with Gasteiger partial charge >= 0.3 is 29.8 Å². The molecule has 1 heterocycles. The van der Waals surface area contributed by atoms with Crippen LogP contribution in [0.3, 0.4) is 0 Å². The van der Waals surface area contributed by atoms with Crippen LogP contribution in [0.25, 0.3) is 22.3 Å². The number of ketones is 1. The van der Waals surface area contributed by atoms with Crippen LogP contribution in [0.1, 0.15) is 86.6 Å². The molecule has 0 spiro atoms. The molecule has 5 aromatic rings. The molecule has 0 radical (unpaired) electrons. The third-order valence-electron chi connectivity index (χ3n) is 12.2. The Morgan fingerprint density at radius 1 is 0.567 bits per heavy atom. The number of nitrogens with zero attached hydrogens (tertiary/aromatic N) is 2. The number of rotatable bonds is 18. The van der Waals surface area contributed by atoms with Gasteiger partial charge in [0.2, 0.25) is 0 Å². The lowest BCUT2D eigenvalue weighted by Crippen LogP contribution is -2.30. The summed E-state index contributed by atoms with van der Waals surface area (Å²) in [5.74, 6) is -2.19. The molecule has 346 valence electrons. The highest BCUT2D eigenvalue weighted by Gasteiger charge is 2.32. The van der Waals surface area contributed by atoms with Crippen molar-refractivity contribution in [3.63, 3.8) is 0 Å². The van der Waals surface area contributed by atoms with Crippen molar-refractivity contribution in [3.8, 4) is 28.5 Å². The second-order valence-electron chi connectivity index (χ2n) is 17.0. The summed E-state index contributed by atoms with van der Waals surface area (Å²) in [5.41, 5.74) is 5.30. The molecule has 0 bridgehead atoms. The van der Waals surface area contributed by atoms with Gasteiger partial charge in [0.25, 0.3) is 0 Å². The standard InChI is InChI=1S/C54H54N2O11/c1-4-41(57)33-37-13-11-35(12-14-37)17-31-48(59)64-43-25-19-39(20-26-43)53(61)66-45-29-30-46(52-51(45)55-34(3)50(56-52)38-9-7-6-8-10-38)67-54(62)40-21-27-44(28-22-40)65-49(60)32-18-36-15-23-42(24-16-36)63-47(58)5-2/h4-16,23-24,29-30,39-40,43-44H,1-2,17-22,25-28,31-33H2,3H3/t39-,40-,43-,44-. The Kier molecular flexibility index (Phi) is 16.2. The van der Waals surface area contributed by atoms with Gasteiger partial charge in [-0.1, -0.05) is 79.9 Å². The Morgan fingerprint density at radius 2 is 1.04 bits per heavy atom. The molecule has 4 aromatic carbocycles. The molecular weight excluding hydrogens is 853 g/mol. The molecule has 2 aliphatic rings. The molecular formula is C54H54N2O11. The zero-order valence-corrected chi connectivity index (χ0v) is 37.6. The van der Waals surface area contributed by atoms with E-state index >= 15 is 0 Å². The first-order valence-corrected chi connectivity index (χ1v) is 22.8. The van der Waals surface area contributed by atoms with Crippen LogP contribution in [0.4, 0.5) is 0 Å². The van der Waals surface area contributed by atoms with Crippen LogP contribution in [0.5, 0.6) is 17.2 Å². The highest BCUT2D eigenvalue weighted by atomic mass is 16.6. The number of carbonyl (C=O) groups is 6. The summed E-state index contributed by atoms with van der Waals surface area (Å²) in [6.45, 7) is 8.71. The second-order valence-corrected chi connectivity index (χ2v) is 17.0. The van der Waals surface area contributed by atoms with Crippen molar-refractivity contribution in [2.45, 2.75) is 103 Å². The van der Waals surface area contributed by atoms with Crippen molar-refractivity contribution >= 4 is 46.7 Å². The summed E-state index contributed by atoms with van der Waals surface area (Å²) in [6.07, 6.45) is 7.36. The number of benzene rings is 4. The van der Waals surface area contributed by atoms with Crippen LogP contribution < -0.4 is 14.2 Å². The summed E-state index contributed by atoms with van der Waals surface area (Å²) in [4.78, 5) is 85.7. The molecule has 2 saturated carbocycles. The van der Waals surface area contributed by atoms with Crippen molar-refractivity contribution in [2.75, 3.05) is 0 Å². The molecule has 0 amide bonds. The molecule has 7 rings (SSSR count). The minimum absolute atomic E-state index is 0.0507. The first kappa shape index (κ1) is 47.7. The minimum atomic E-state index is -0.549. The maximum atomic E-state index is 13.7. The normalized spacial score (nSPS) is 17.9. The zero-order chi connectivity index (χ0) is 47.3. The fourth-order valence-electron chi connectivity index (χ4n) is 8.38. The third kappa shape index (κ3) is 13.2. The van der Waals surface area contributed by atoms with Crippen molar-refractivity contribution in [1.82, 2.24) is 9.97 Å². The molecule has 1 aromatic heterocycles. The number of hydrogen-bond acceptors (Lipinski definition) is 13. The lowest BCUT2D eigenvalue weighted by molar-refractivity contribution is -0.153. The van der Waals surface area contributed by atoms with Crippen molar-refractivity contribution < 1.29 is 52.5 Å². The van der Waals surface area contributed by atoms with Crippen LogP contribution in [-0.2, 0) is 57.5 Å². The maximum absolute atomic E-state index is 13.7. The van der Waals surface area contributed by atoms with Gasteiger partial charge in [0, 0.05) is 30.9 Å². The van der Waals surface area contributed by atoms with E-state index in [1.54, 1.807) is 36.4 Å². The van der Waals surface area contributed by atoms with E-state index in [-0.39, 0.29) is 65.3 Å². The molecule has 0 unspecified atom stereocenters. The van der Waals surface area contributed by atoms with Crippen LogP contribution in [0.2, 0.25) is 0 Å². The van der Waals surface area contributed by atoms with Crippen LogP contribution >= 0.6 is 0 Å². The van der Waals surface area contributed by atoms with E-state index in [1.165, 1.54) is 6.08 Å². The predicted molar refractivity (Wildman–Crippen MR) is 249 cm³/mol. The summed E-state index contributed by atoms with van der Waals surface area (Å²) >= 11 is 0. The van der Waals surface area contributed by atoms with E-state index in [0.29, 0.717) is 87.8 Å². The molecule has 13 heteroatoms. The van der Waals surface area contributed by atoms with E-state index in [9.17, 15) is 28.8 Å². The molecule has 67 heavy (non-hydrogen) atoms. The molecule has 0 aliphatic heterocycles. The molecule has 2 aliphatic carbocycles. The highest BCUT2D eigenvalue weighted by molar-refractivity contribution is 5.93. The fourth-order valence-corrected chi connectivity index (χ4v) is 8.38. The van der Waals surface area contributed by atoms with Gasteiger partial charge in [0.15, 0.2) is 17.3 Å². The zero-order valence-electron chi connectivity index (χ0n) is 37.6. The van der Waals surface area contributed by atoms with E-state index in [0.717, 1.165) is 28.3 Å². The fraction of sp³-hybridized carbons (Fsp3) is 0.333. The largest absolute Gasteiger partial charge is 0.462 e. The summed E-state index contributed by atoms with van der Waals surface area (Å²) in [7, 11) is 0. The molecule has 13 nitrogen and oxygen atoms in total. The maximum Gasteiger partial charge on any atom is 0.335 e.